The number of hydrogen-bond acceptors (Lipinski definition) is 4. The topological polar surface area (TPSA) is 74.2 Å². The van der Waals surface area contributed by atoms with Gasteiger partial charge in [0, 0.05) is 30.3 Å². The van der Waals surface area contributed by atoms with Crippen molar-refractivity contribution < 1.29 is 4.74 Å². The van der Waals surface area contributed by atoms with Crippen LogP contribution in [0.5, 0.6) is 0 Å². The van der Waals surface area contributed by atoms with E-state index in [9.17, 15) is 0 Å². The largest absolute Gasteiger partial charge is 0.398 e. The molecule has 88 valence electrons. The van der Waals surface area contributed by atoms with E-state index < -0.39 is 0 Å². The first-order valence-electron chi connectivity index (χ1n) is 5.80. The van der Waals surface area contributed by atoms with Crippen molar-refractivity contribution in [2.45, 2.75) is 31.9 Å². The number of pyridine rings is 1. The Hall–Kier alpha value is -1.13. The lowest BCUT2D eigenvalue weighted by atomic mass is 9.99. The summed E-state index contributed by atoms with van der Waals surface area (Å²) in [4.78, 5) is 4.07. The summed E-state index contributed by atoms with van der Waals surface area (Å²) in [6.07, 6.45) is 5.92. The number of nitrogens with zero attached hydrogens (tertiary/aromatic N) is 1. The zero-order valence-electron chi connectivity index (χ0n) is 9.60. The van der Waals surface area contributed by atoms with Crippen LogP contribution in [-0.2, 0) is 4.74 Å². The van der Waals surface area contributed by atoms with Gasteiger partial charge >= 0.3 is 0 Å². The Morgan fingerprint density at radius 1 is 1.56 bits per heavy atom. The van der Waals surface area contributed by atoms with E-state index in [0.717, 1.165) is 5.56 Å². The van der Waals surface area contributed by atoms with Crippen molar-refractivity contribution in [2.75, 3.05) is 12.3 Å². The molecule has 1 aliphatic carbocycles. The predicted molar refractivity (Wildman–Crippen MR) is 63.7 cm³/mol. The number of ether oxygens (including phenoxy) is 1. The van der Waals surface area contributed by atoms with E-state index >= 15 is 0 Å². The van der Waals surface area contributed by atoms with Gasteiger partial charge in [-0.25, -0.2) is 0 Å². The summed E-state index contributed by atoms with van der Waals surface area (Å²) in [5.41, 5.74) is 13.7. The summed E-state index contributed by atoms with van der Waals surface area (Å²) in [6.45, 7) is 2.68. The summed E-state index contributed by atoms with van der Waals surface area (Å²) in [6, 6.07) is 1.62. The summed E-state index contributed by atoms with van der Waals surface area (Å²) >= 11 is 0. The van der Waals surface area contributed by atoms with Crippen molar-refractivity contribution in [3.8, 4) is 0 Å². The third-order valence-corrected chi connectivity index (χ3v) is 3.05. The van der Waals surface area contributed by atoms with Gasteiger partial charge in [-0.1, -0.05) is 0 Å². The molecule has 0 aliphatic heterocycles. The standard InChI is InChI=1S/C12H19N3O/c1-2-16-12(8-3-4-8)11(14)9-7-15-6-5-10(9)13/h5-8,11-12H,2-4,14H2,1H3,(H2,13,15). The molecule has 1 heterocycles. The summed E-state index contributed by atoms with van der Waals surface area (Å²) in [7, 11) is 0. The van der Waals surface area contributed by atoms with Crippen molar-refractivity contribution in [1.82, 2.24) is 4.98 Å². The van der Waals surface area contributed by atoms with Crippen molar-refractivity contribution in [3.05, 3.63) is 24.0 Å². The van der Waals surface area contributed by atoms with Crippen LogP contribution in [0.4, 0.5) is 5.69 Å². The highest BCUT2D eigenvalue weighted by Gasteiger charge is 2.36. The van der Waals surface area contributed by atoms with Crippen LogP contribution in [0, 0.1) is 5.92 Å². The monoisotopic (exact) mass is 221 g/mol. The molecule has 0 radical (unpaired) electrons. The fraction of sp³-hybridized carbons (Fsp3) is 0.583. The van der Waals surface area contributed by atoms with E-state index in [0.29, 0.717) is 18.2 Å². The first-order valence-corrected chi connectivity index (χ1v) is 5.80. The second-order valence-electron chi connectivity index (χ2n) is 4.29. The molecule has 16 heavy (non-hydrogen) atoms. The molecule has 1 aromatic rings. The molecule has 4 N–H and O–H groups in total. The lowest BCUT2D eigenvalue weighted by Gasteiger charge is -2.24. The Morgan fingerprint density at radius 2 is 2.31 bits per heavy atom. The summed E-state index contributed by atoms with van der Waals surface area (Å²) < 4.78 is 5.73. The molecular weight excluding hydrogens is 202 g/mol. The van der Waals surface area contributed by atoms with Gasteiger partial charge in [0.25, 0.3) is 0 Å². The molecule has 0 amide bonds. The van der Waals surface area contributed by atoms with Gasteiger partial charge in [-0.2, -0.15) is 0 Å². The number of aromatic nitrogens is 1. The minimum Gasteiger partial charge on any atom is -0.398 e. The number of rotatable bonds is 5. The highest BCUT2D eigenvalue weighted by molar-refractivity contribution is 5.46. The van der Waals surface area contributed by atoms with E-state index in [-0.39, 0.29) is 12.1 Å². The van der Waals surface area contributed by atoms with Crippen LogP contribution >= 0.6 is 0 Å². The molecule has 1 fully saturated rings. The van der Waals surface area contributed by atoms with Crippen molar-refractivity contribution in [1.29, 1.82) is 0 Å². The Bertz CT molecular complexity index is 352. The van der Waals surface area contributed by atoms with Crippen LogP contribution in [0.1, 0.15) is 31.4 Å². The molecule has 0 spiro atoms. The number of nitrogens with two attached hydrogens (primary N) is 2. The van der Waals surface area contributed by atoms with Gasteiger partial charge in [-0.3, -0.25) is 4.98 Å². The average Bonchev–Trinajstić information content (AvgIpc) is 3.09. The predicted octanol–water partition coefficient (Wildman–Crippen LogP) is 1.48. The number of anilines is 1. The fourth-order valence-electron chi connectivity index (χ4n) is 2.02. The SMILES string of the molecule is CCOC(C1CC1)C(N)c1cnccc1N. The van der Waals surface area contributed by atoms with Crippen molar-refractivity contribution in [2.24, 2.45) is 11.7 Å². The van der Waals surface area contributed by atoms with Crippen molar-refractivity contribution >= 4 is 5.69 Å². The fourth-order valence-corrected chi connectivity index (χ4v) is 2.02. The van der Waals surface area contributed by atoms with E-state index in [1.165, 1.54) is 12.8 Å². The van der Waals surface area contributed by atoms with Gasteiger partial charge in [-0.05, 0) is 31.7 Å². The molecule has 2 rings (SSSR count). The first-order chi connectivity index (χ1) is 7.74. The molecule has 2 unspecified atom stereocenters. The maximum Gasteiger partial charge on any atom is 0.0796 e. The Balaban J connectivity index is 2.15. The van der Waals surface area contributed by atoms with Gasteiger partial charge in [0.05, 0.1) is 12.1 Å². The van der Waals surface area contributed by atoms with Crippen molar-refractivity contribution in [3.63, 3.8) is 0 Å². The maximum absolute atomic E-state index is 6.22. The van der Waals surface area contributed by atoms with Crippen LogP contribution in [0.2, 0.25) is 0 Å². The van der Waals surface area contributed by atoms with Gasteiger partial charge in [-0.15, -0.1) is 0 Å². The van der Waals surface area contributed by atoms with E-state index in [4.69, 9.17) is 16.2 Å². The van der Waals surface area contributed by atoms with Crippen LogP contribution in [0.15, 0.2) is 18.5 Å². The normalized spacial score (nSPS) is 19.4. The Labute approximate surface area is 96.0 Å². The quantitative estimate of drug-likeness (QED) is 0.789. The zero-order chi connectivity index (χ0) is 11.5. The minimum absolute atomic E-state index is 0.0801. The van der Waals surface area contributed by atoms with Crippen LogP contribution in [0.25, 0.3) is 0 Å². The molecule has 1 aliphatic rings. The molecule has 0 bridgehead atoms. The van der Waals surface area contributed by atoms with Crippen LogP contribution in [-0.4, -0.2) is 17.7 Å². The molecule has 0 aromatic carbocycles. The van der Waals surface area contributed by atoms with E-state index in [2.05, 4.69) is 4.98 Å². The minimum atomic E-state index is -0.166. The van der Waals surface area contributed by atoms with Crippen LogP contribution < -0.4 is 11.5 Å². The van der Waals surface area contributed by atoms with Gasteiger partial charge < -0.3 is 16.2 Å². The smallest absolute Gasteiger partial charge is 0.0796 e. The lowest BCUT2D eigenvalue weighted by Crippen LogP contribution is -2.31. The lowest BCUT2D eigenvalue weighted by molar-refractivity contribution is 0.0284. The van der Waals surface area contributed by atoms with E-state index in [1.807, 2.05) is 6.92 Å². The zero-order valence-corrected chi connectivity index (χ0v) is 9.60. The number of hydrogen-bond donors (Lipinski definition) is 2. The molecule has 2 atom stereocenters. The second kappa shape index (κ2) is 4.80. The third-order valence-electron chi connectivity index (χ3n) is 3.05. The Kier molecular flexibility index (Phi) is 3.41. The van der Waals surface area contributed by atoms with Crippen LogP contribution in [0.3, 0.4) is 0 Å². The molecule has 4 heteroatoms. The first kappa shape index (κ1) is 11.4. The summed E-state index contributed by atoms with van der Waals surface area (Å²) in [5.74, 6) is 0.592. The van der Waals surface area contributed by atoms with Gasteiger partial charge in [0.1, 0.15) is 0 Å². The molecule has 0 saturated heterocycles. The second-order valence-corrected chi connectivity index (χ2v) is 4.29. The number of nitrogen functional groups attached to an aromatic ring is 1. The highest BCUT2D eigenvalue weighted by atomic mass is 16.5. The molecule has 4 nitrogen and oxygen atoms in total. The third kappa shape index (κ3) is 2.33. The maximum atomic E-state index is 6.22. The molecule has 1 saturated carbocycles. The van der Waals surface area contributed by atoms with E-state index in [1.54, 1.807) is 18.5 Å². The molecule has 1 aromatic heterocycles. The molecular formula is C12H19N3O. The van der Waals surface area contributed by atoms with Gasteiger partial charge in [0.2, 0.25) is 0 Å². The highest BCUT2D eigenvalue weighted by Crippen LogP contribution is 2.39. The Morgan fingerprint density at radius 3 is 2.88 bits per heavy atom. The summed E-state index contributed by atoms with van der Waals surface area (Å²) in [5, 5.41) is 0. The average molecular weight is 221 g/mol. The van der Waals surface area contributed by atoms with Gasteiger partial charge in [0.15, 0.2) is 0 Å².